The van der Waals surface area contributed by atoms with E-state index in [9.17, 15) is 0 Å². The van der Waals surface area contributed by atoms with Crippen LogP contribution in [0.25, 0.3) is 10.8 Å². The van der Waals surface area contributed by atoms with Crippen LogP contribution in [0.2, 0.25) is 0 Å². The highest BCUT2D eigenvalue weighted by Crippen LogP contribution is 2.19. The first-order valence-corrected chi connectivity index (χ1v) is 3.99. The zero-order valence-corrected chi connectivity index (χ0v) is 7.42. The molecule has 0 aromatic heterocycles. The van der Waals surface area contributed by atoms with Gasteiger partial charge in [0.1, 0.15) is 0 Å². The van der Waals surface area contributed by atoms with Gasteiger partial charge >= 0.3 is 0 Å². The normalized spacial score (nSPS) is 8.86. The Bertz CT molecular complexity index is 424. The molecule has 4 nitrogen and oxygen atoms in total. The minimum Gasteiger partial charge on any atom is -0.398 e. The smallest absolute Gasteiger partial charge is 0.152 e. The molecular weight excluding hydrogens is 180 g/mol. The molecule has 0 spiro atoms. The van der Waals surface area contributed by atoms with Gasteiger partial charge in [0.15, 0.2) is 5.34 Å². The molecule has 2 aromatic carbocycles. The topological polar surface area (TPSA) is 75.7 Å². The average Bonchev–Trinajstić information content (AvgIpc) is 2.20. The van der Waals surface area contributed by atoms with Crippen LogP contribution in [0.3, 0.4) is 0 Å². The molecule has 4 heteroatoms. The fourth-order valence-electron chi connectivity index (χ4n) is 1.25. The molecule has 0 aliphatic rings. The van der Waals surface area contributed by atoms with Crippen LogP contribution in [0, 0.1) is 4.91 Å². The molecule has 2 rings (SSSR count). The van der Waals surface area contributed by atoms with E-state index in [2.05, 4.69) is 12.1 Å². The molecule has 0 heterocycles. The highest BCUT2D eigenvalue weighted by atomic mass is 16.6. The summed E-state index contributed by atoms with van der Waals surface area (Å²) in [6.45, 7) is 0. The summed E-state index contributed by atoms with van der Waals surface area (Å²) >= 11 is 0. The molecule has 0 radical (unpaired) electrons. The number of anilines is 1. The highest BCUT2D eigenvalue weighted by Gasteiger charge is 1.92. The number of hydrogen-bond donors (Lipinski definition) is 2. The Labute approximate surface area is 80.9 Å². The first-order valence-electron chi connectivity index (χ1n) is 3.99. The first kappa shape index (κ1) is 9.98. The minimum absolute atomic E-state index is 0.850. The summed E-state index contributed by atoms with van der Waals surface area (Å²) in [7, 11) is 0. The minimum atomic E-state index is 0.850. The maximum atomic E-state index is 8.11. The van der Waals surface area contributed by atoms with E-state index in [0.29, 0.717) is 0 Å². The highest BCUT2D eigenvalue weighted by molar-refractivity contribution is 5.92. The van der Waals surface area contributed by atoms with Crippen LogP contribution in [-0.4, -0.2) is 5.21 Å². The summed E-state index contributed by atoms with van der Waals surface area (Å²) < 4.78 is 0. The van der Waals surface area contributed by atoms with Crippen LogP contribution in [0.5, 0.6) is 0 Å². The second-order valence-electron chi connectivity index (χ2n) is 2.65. The third kappa shape index (κ3) is 2.20. The molecule has 0 amide bonds. The van der Waals surface area contributed by atoms with Crippen molar-refractivity contribution in [3.63, 3.8) is 0 Å². The van der Waals surface area contributed by atoms with Crippen molar-refractivity contribution in [1.82, 2.24) is 0 Å². The quantitative estimate of drug-likeness (QED) is 0.381. The number of rotatable bonds is 0. The molecular formula is C10H10N2O2. The van der Waals surface area contributed by atoms with Gasteiger partial charge in [-0.2, -0.15) is 0 Å². The van der Waals surface area contributed by atoms with Crippen molar-refractivity contribution in [3.05, 3.63) is 47.4 Å². The number of nitrogen functional groups attached to an aromatic ring is 1. The number of fused-ring (bicyclic) bond motifs is 1. The summed E-state index contributed by atoms with van der Waals surface area (Å²) in [5, 5.41) is 10.2. The first-order chi connectivity index (χ1) is 6.79. The average molecular weight is 190 g/mol. The van der Waals surface area contributed by atoms with Gasteiger partial charge in [-0.15, -0.1) is 4.91 Å². The molecule has 3 N–H and O–H groups in total. The van der Waals surface area contributed by atoms with Gasteiger partial charge in [-0.25, -0.2) is 0 Å². The van der Waals surface area contributed by atoms with Crippen LogP contribution in [0.15, 0.2) is 47.8 Å². The lowest BCUT2D eigenvalue weighted by Gasteiger charge is -1.98. The largest absolute Gasteiger partial charge is 0.398 e. The summed E-state index contributed by atoms with van der Waals surface area (Å²) in [5.41, 5.74) is 6.61. The SMILES string of the molecule is Nc1cccc2ccccc12.O=NO. The third-order valence-corrected chi connectivity index (χ3v) is 1.82. The lowest BCUT2D eigenvalue weighted by molar-refractivity contribution is 0.312. The Morgan fingerprint density at radius 2 is 1.64 bits per heavy atom. The lowest BCUT2D eigenvalue weighted by Crippen LogP contribution is -1.84. The van der Waals surface area contributed by atoms with Crippen LogP contribution in [0.1, 0.15) is 0 Å². The monoisotopic (exact) mass is 190 g/mol. The molecule has 0 aliphatic heterocycles. The molecule has 0 aliphatic carbocycles. The molecule has 0 atom stereocenters. The Morgan fingerprint density at radius 3 is 2.29 bits per heavy atom. The Morgan fingerprint density at radius 1 is 1.07 bits per heavy atom. The van der Waals surface area contributed by atoms with E-state index in [0.717, 1.165) is 11.1 Å². The number of nitrogens with zero attached hydrogens (tertiary/aromatic N) is 1. The molecule has 0 fully saturated rings. The zero-order chi connectivity index (χ0) is 10.4. The van der Waals surface area contributed by atoms with Gasteiger partial charge in [0.25, 0.3) is 0 Å². The van der Waals surface area contributed by atoms with E-state index >= 15 is 0 Å². The molecule has 0 saturated carbocycles. The van der Waals surface area contributed by atoms with Crippen molar-refractivity contribution < 1.29 is 5.21 Å². The van der Waals surface area contributed by atoms with E-state index in [1.807, 2.05) is 30.3 Å². The van der Waals surface area contributed by atoms with Crippen molar-refractivity contribution in [2.75, 3.05) is 5.73 Å². The van der Waals surface area contributed by atoms with E-state index in [1.54, 1.807) is 0 Å². The van der Waals surface area contributed by atoms with Gasteiger partial charge in [0, 0.05) is 11.1 Å². The van der Waals surface area contributed by atoms with Crippen LogP contribution in [0.4, 0.5) is 5.69 Å². The molecule has 0 bridgehead atoms. The second kappa shape index (κ2) is 4.81. The second-order valence-corrected chi connectivity index (χ2v) is 2.65. The predicted octanol–water partition coefficient (Wildman–Crippen LogP) is 2.56. The van der Waals surface area contributed by atoms with Crippen molar-refractivity contribution in [2.24, 2.45) is 5.34 Å². The predicted molar refractivity (Wildman–Crippen MR) is 55.9 cm³/mol. The zero-order valence-electron chi connectivity index (χ0n) is 7.42. The van der Waals surface area contributed by atoms with Gasteiger partial charge < -0.3 is 10.9 Å². The fourth-order valence-corrected chi connectivity index (χ4v) is 1.25. The van der Waals surface area contributed by atoms with Crippen molar-refractivity contribution >= 4 is 16.5 Å². The van der Waals surface area contributed by atoms with Crippen LogP contribution < -0.4 is 5.73 Å². The number of nitrogens with two attached hydrogens (primary N) is 1. The fraction of sp³-hybridized carbons (Fsp3) is 0. The molecule has 0 saturated heterocycles. The van der Waals surface area contributed by atoms with E-state index in [-0.39, 0.29) is 0 Å². The van der Waals surface area contributed by atoms with Gasteiger partial charge in [-0.3, -0.25) is 0 Å². The third-order valence-electron chi connectivity index (χ3n) is 1.82. The van der Waals surface area contributed by atoms with E-state index < -0.39 is 0 Å². The van der Waals surface area contributed by atoms with Gasteiger partial charge in [0.2, 0.25) is 0 Å². The van der Waals surface area contributed by atoms with Crippen molar-refractivity contribution in [3.8, 4) is 0 Å². The number of benzene rings is 2. The Balaban J connectivity index is 0.000000293. The maximum Gasteiger partial charge on any atom is 0.152 e. The van der Waals surface area contributed by atoms with Gasteiger partial charge in [-0.1, -0.05) is 36.4 Å². The van der Waals surface area contributed by atoms with E-state index in [4.69, 9.17) is 15.8 Å². The summed E-state index contributed by atoms with van der Waals surface area (Å²) in [4.78, 5) is 8.11. The van der Waals surface area contributed by atoms with Crippen LogP contribution >= 0.6 is 0 Å². The number of hydrogen-bond acceptors (Lipinski definition) is 3. The van der Waals surface area contributed by atoms with Crippen molar-refractivity contribution in [2.45, 2.75) is 0 Å². The van der Waals surface area contributed by atoms with Gasteiger partial charge in [-0.05, 0) is 11.5 Å². The molecule has 2 aromatic rings. The van der Waals surface area contributed by atoms with Crippen LogP contribution in [-0.2, 0) is 0 Å². The lowest BCUT2D eigenvalue weighted by atomic mass is 10.1. The molecule has 72 valence electrons. The molecule has 14 heavy (non-hydrogen) atoms. The Hall–Kier alpha value is -2.10. The summed E-state index contributed by atoms with van der Waals surface area (Å²) in [5.74, 6) is 0. The summed E-state index contributed by atoms with van der Waals surface area (Å²) in [6.07, 6.45) is 0. The van der Waals surface area contributed by atoms with Gasteiger partial charge in [0.05, 0.1) is 0 Å². The van der Waals surface area contributed by atoms with Crippen molar-refractivity contribution in [1.29, 1.82) is 0 Å². The Kier molecular flexibility index (Phi) is 3.43. The summed E-state index contributed by atoms with van der Waals surface area (Å²) in [6, 6.07) is 14.1. The molecule has 0 unspecified atom stereocenters. The maximum absolute atomic E-state index is 8.11. The standard InChI is InChI=1S/C10H9N.HNO2/c11-10-7-3-5-8-4-1-2-6-9(8)10;2-1-3/h1-7H,11H2;(H,2,3). The van der Waals surface area contributed by atoms with E-state index in [1.165, 1.54) is 10.7 Å².